The molecule has 5 nitrogen and oxygen atoms in total. The lowest BCUT2D eigenvalue weighted by atomic mass is 10.2. The molecule has 0 saturated heterocycles. The Bertz CT molecular complexity index is 1040. The second-order valence-electron chi connectivity index (χ2n) is 5.39. The van der Waals surface area contributed by atoms with Crippen molar-refractivity contribution in [3.05, 3.63) is 58.6 Å². The SMILES string of the molecule is CCc1nc2ccc(Br)cn2c1Nc1nc(-c2ccc(F)cc2)ns1. The number of aromatic nitrogens is 4. The summed E-state index contributed by atoms with van der Waals surface area (Å²) in [6.07, 6.45) is 2.76. The molecule has 0 aliphatic heterocycles. The van der Waals surface area contributed by atoms with Crippen LogP contribution in [-0.2, 0) is 6.42 Å². The van der Waals surface area contributed by atoms with E-state index in [0.717, 1.165) is 33.6 Å². The number of nitrogens with zero attached hydrogens (tertiary/aromatic N) is 4. The molecule has 8 heteroatoms. The van der Waals surface area contributed by atoms with Crippen LogP contribution in [0.1, 0.15) is 12.6 Å². The molecule has 126 valence electrons. The first kappa shape index (κ1) is 16.2. The van der Waals surface area contributed by atoms with Crippen LogP contribution in [0, 0.1) is 5.82 Å². The molecule has 4 aromatic rings. The smallest absolute Gasteiger partial charge is 0.208 e. The highest BCUT2D eigenvalue weighted by atomic mass is 79.9. The van der Waals surface area contributed by atoms with Gasteiger partial charge in [0.05, 0.1) is 5.69 Å². The Labute approximate surface area is 155 Å². The molecule has 3 aromatic heterocycles. The maximum Gasteiger partial charge on any atom is 0.208 e. The summed E-state index contributed by atoms with van der Waals surface area (Å²) in [5, 5.41) is 3.99. The molecule has 0 saturated carbocycles. The van der Waals surface area contributed by atoms with Crippen molar-refractivity contribution in [1.29, 1.82) is 0 Å². The lowest BCUT2D eigenvalue weighted by Crippen LogP contribution is -1.98. The second kappa shape index (κ2) is 6.53. The van der Waals surface area contributed by atoms with Crippen molar-refractivity contribution in [1.82, 2.24) is 18.7 Å². The van der Waals surface area contributed by atoms with E-state index >= 15 is 0 Å². The molecule has 0 unspecified atom stereocenters. The molecule has 0 aliphatic rings. The van der Waals surface area contributed by atoms with Crippen LogP contribution in [0.15, 0.2) is 47.1 Å². The first-order chi connectivity index (χ1) is 12.1. The zero-order valence-corrected chi connectivity index (χ0v) is 15.6. The molecular formula is C17H13BrFN5S. The Balaban J connectivity index is 1.70. The van der Waals surface area contributed by atoms with Crippen LogP contribution in [0.3, 0.4) is 0 Å². The van der Waals surface area contributed by atoms with Crippen LogP contribution < -0.4 is 5.32 Å². The van der Waals surface area contributed by atoms with Gasteiger partial charge >= 0.3 is 0 Å². The molecule has 3 heterocycles. The van der Waals surface area contributed by atoms with Crippen molar-refractivity contribution in [3.8, 4) is 11.4 Å². The lowest BCUT2D eigenvalue weighted by Gasteiger charge is -2.04. The normalized spacial score (nSPS) is 11.2. The summed E-state index contributed by atoms with van der Waals surface area (Å²) < 4.78 is 20.4. The molecule has 0 bridgehead atoms. The average molecular weight is 418 g/mol. The van der Waals surface area contributed by atoms with E-state index in [-0.39, 0.29) is 5.82 Å². The highest BCUT2D eigenvalue weighted by Crippen LogP contribution is 2.28. The highest BCUT2D eigenvalue weighted by Gasteiger charge is 2.14. The van der Waals surface area contributed by atoms with Gasteiger partial charge in [-0.25, -0.2) is 9.37 Å². The average Bonchev–Trinajstić information content (AvgIpc) is 3.21. The van der Waals surface area contributed by atoms with Gasteiger partial charge in [-0.1, -0.05) is 6.92 Å². The van der Waals surface area contributed by atoms with Gasteiger partial charge in [0, 0.05) is 27.8 Å². The summed E-state index contributed by atoms with van der Waals surface area (Å²) in [7, 11) is 0. The highest BCUT2D eigenvalue weighted by molar-refractivity contribution is 9.10. The van der Waals surface area contributed by atoms with E-state index in [1.807, 2.05) is 22.7 Å². The standard InChI is InChI=1S/C17H13BrFN5S/c1-2-13-16(24-9-11(18)5-8-14(24)20-13)22-17-21-15(23-25-17)10-3-6-12(19)7-4-10/h3-9H,2H2,1H3,(H,21,22,23). The van der Waals surface area contributed by atoms with Crippen LogP contribution in [0.25, 0.3) is 17.0 Å². The van der Waals surface area contributed by atoms with Gasteiger partial charge < -0.3 is 5.32 Å². The summed E-state index contributed by atoms with van der Waals surface area (Å²) in [4.78, 5) is 9.15. The molecule has 4 rings (SSSR count). The van der Waals surface area contributed by atoms with E-state index in [9.17, 15) is 4.39 Å². The maximum absolute atomic E-state index is 13.1. The number of nitrogens with one attached hydrogen (secondary N) is 1. The third-order valence-corrected chi connectivity index (χ3v) is 4.84. The molecule has 0 radical (unpaired) electrons. The number of fused-ring (bicyclic) bond motifs is 1. The fourth-order valence-electron chi connectivity index (χ4n) is 2.54. The van der Waals surface area contributed by atoms with Crippen LogP contribution in [-0.4, -0.2) is 18.7 Å². The molecule has 1 N–H and O–H groups in total. The molecule has 1 aromatic carbocycles. The minimum absolute atomic E-state index is 0.277. The fourth-order valence-corrected chi connectivity index (χ4v) is 3.46. The molecule has 0 atom stereocenters. The monoisotopic (exact) mass is 417 g/mol. The first-order valence-electron chi connectivity index (χ1n) is 7.67. The number of rotatable bonds is 4. The third-order valence-electron chi connectivity index (χ3n) is 3.74. The molecule has 25 heavy (non-hydrogen) atoms. The number of imidazole rings is 1. The number of halogens is 2. The van der Waals surface area contributed by atoms with Gasteiger partial charge in [-0.3, -0.25) is 4.40 Å². The minimum atomic E-state index is -0.277. The van der Waals surface area contributed by atoms with E-state index in [1.54, 1.807) is 12.1 Å². The molecule has 0 aliphatic carbocycles. The number of aryl methyl sites for hydroxylation is 1. The van der Waals surface area contributed by atoms with Gasteiger partial charge in [0.15, 0.2) is 5.82 Å². The summed E-state index contributed by atoms with van der Waals surface area (Å²) >= 11 is 4.75. The van der Waals surface area contributed by atoms with Crippen LogP contribution >= 0.6 is 27.5 Å². The van der Waals surface area contributed by atoms with Crippen molar-refractivity contribution in [2.45, 2.75) is 13.3 Å². The minimum Gasteiger partial charge on any atom is -0.315 e. The van der Waals surface area contributed by atoms with Gasteiger partial charge in [0.1, 0.15) is 17.3 Å². The largest absolute Gasteiger partial charge is 0.315 e. The van der Waals surface area contributed by atoms with E-state index < -0.39 is 0 Å². The van der Waals surface area contributed by atoms with Crippen molar-refractivity contribution >= 4 is 44.1 Å². The van der Waals surface area contributed by atoms with E-state index in [1.165, 1.54) is 23.7 Å². The zero-order valence-electron chi connectivity index (χ0n) is 13.2. The Hall–Kier alpha value is -2.32. The Morgan fingerprint density at radius 2 is 1.96 bits per heavy atom. The van der Waals surface area contributed by atoms with Crippen LogP contribution in [0.2, 0.25) is 0 Å². The topological polar surface area (TPSA) is 55.1 Å². The summed E-state index contributed by atoms with van der Waals surface area (Å²) in [6.45, 7) is 2.06. The predicted molar refractivity (Wildman–Crippen MR) is 101 cm³/mol. The second-order valence-corrected chi connectivity index (χ2v) is 7.06. The van der Waals surface area contributed by atoms with Gasteiger partial charge in [-0.05, 0) is 58.7 Å². The Morgan fingerprint density at radius 3 is 2.72 bits per heavy atom. The molecule has 0 amide bonds. The predicted octanol–water partition coefficient (Wildman–Crippen LogP) is 5.06. The first-order valence-corrected chi connectivity index (χ1v) is 9.24. The number of hydrogen-bond acceptors (Lipinski definition) is 5. The van der Waals surface area contributed by atoms with Crippen molar-refractivity contribution < 1.29 is 4.39 Å². The summed E-state index contributed by atoms with van der Waals surface area (Å²) in [5.74, 6) is 1.17. The lowest BCUT2D eigenvalue weighted by molar-refractivity contribution is 0.628. The van der Waals surface area contributed by atoms with Gasteiger partial charge in [-0.2, -0.15) is 9.36 Å². The summed E-state index contributed by atoms with van der Waals surface area (Å²) in [6, 6.07) is 10.1. The van der Waals surface area contributed by atoms with Crippen molar-refractivity contribution in [3.63, 3.8) is 0 Å². The Morgan fingerprint density at radius 1 is 1.16 bits per heavy atom. The van der Waals surface area contributed by atoms with Gasteiger partial charge in [0.2, 0.25) is 5.13 Å². The number of benzene rings is 1. The molecule has 0 fully saturated rings. The van der Waals surface area contributed by atoms with Gasteiger partial charge in [0.25, 0.3) is 0 Å². The molecular weight excluding hydrogens is 405 g/mol. The van der Waals surface area contributed by atoms with Crippen LogP contribution in [0.5, 0.6) is 0 Å². The van der Waals surface area contributed by atoms with E-state index in [4.69, 9.17) is 0 Å². The van der Waals surface area contributed by atoms with Crippen molar-refractivity contribution in [2.75, 3.05) is 5.32 Å². The van der Waals surface area contributed by atoms with Crippen molar-refractivity contribution in [2.24, 2.45) is 0 Å². The Kier molecular flexibility index (Phi) is 4.22. The third kappa shape index (κ3) is 3.14. The quantitative estimate of drug-likeness (QED) is 0.504. The van der Waals surface area contributed by atoms with E-state index in [0.29, 0.717) is 11.0 Å². The number of pyridine rings is 1. The molecule has 0 spiro atoms. The zero-order chi connectivity index (χ0) is 17.4. The maximum atomic E-state index is 13.1. The number of hydrogen-bond donors (Lipinski definition) is 1. The number of anilines is 2. The van der Waals surface area contributed by atoms with Crippen LogP contribution in [0.4, 0.5) is 15.3 Å². The van der Waals surface area contributed by atoms with E-state index in [2.05, 4.69) is 42.5 Å². The van der Waals surface area contributed by atoms with Gasteiger partial charge in [-0.15, -0.1) is 0 Å². The summed E-state index contributed by atoms with van der Waals surface area (Å²) in [5.41, 5.74) is 2.60. The fraction of sp³-hybridized carbons (Fsp3) is 0.118.